The van der Waals surface area contributed by atoms with Crippen molar-refractivity contribution in [2.45, 2.75) is 19.4 Å². The predicted molar refractivity (Wildman–Crippen MR) is 77.0 cm³/mol. The van der Waals surface area contributed by atoms with Crippen LogP contribution in [0.1, 0.15) is 23.8 Å². The van der Waals surface area contributed by atoms with Crippen molar-refractivity contribution in [3.8, 4) is 0 Å². The van der Waals surface area contributed by atoms with Crippen molar-refractivity contribution in [1.82, 2.24) is 14.7 Å². The second kappa shape index (κ2) is 4.87. The van der Waals surface area contributed by atoms with Crippen LogP contribution in [0.4, 0.5) is 0 Å². The van der Waals surface area contributed by atoms with E-state index >= 15 is 0 Å². The van der Waals surface area contributed by atoms with Gasteiger partial charge in [0.2, 0.25) is 0 Å². The number of aryl methyl sites for hydroxylation is 1. The third kappa shape index (κ3) is 2.07. The number of amides is 1. The zero-order chi connectivity index (χ0) is 15.1. The summed E-state index contributed by atoms with van der Waals surface area (Å²) in [5.41, 5.74) is 1.19. The summed E-state index contributed by atoms with van der Waals surface area (Å²) < 4.78 is 1.65. The number of benzene rings is 1. The highest BCUT2D eigenvalue weighted by atomic mass is 16.4. The summed E-state index contributed by atoms with van der Waals surface area (Å²) in [6.45, 7) is 2.32. The Morgan fingerprint density at radius 1 is 1.33 bits per heavy atom. The number of aliphatic carboxylic acids is 1. The maximum absolute atomic E-state index is 12.7. The molecule has 2 unspecified atom stereocenters. The molecule has 2 aromatic rings. The first-order valence-electron chi connectivity index (χ1n) is 6.96. The minimum absolute atomic E-state index is 0.0403. The fourth-order valence-corrected chi connectivity index (χ4v) is 3.06. The fourth-order valence-electron chi connectivity index (χ4n) is 3.06. The molecule has 1 aromatic carbocycles. The van der Waals surface area contributed by atoms with Crippen LogP contribution in [0.3, 0.4) is 0 Å². The second-order valence-electron chi connectivity index (χ2n) is 5.54. The Hall–Kier alpha value is -2.37. The van der Waals surface area contributed by atoms with Gasteiger partial charge in [-0.3, -0.25) is 9.48 Å². The third-order valence-corrected chi connectivity index (χ3v) is 4.17. The SMILES string of the molecule is CC1CCN(C(=O)c2nn(C)c3ccccc23)C1C(=O)O. The van der Waals surface area contributed by atoms with E-state index < -0.39 is 12.0 Å². The second-order valence-corrected chi connectivity index (χ2v) is 5.54. The van der Waals surface area contributed by atoms with E-state index in [1.807, 2.05) is 31.2 Å². The van der Waals surface area contributed by atoms with Crippen LogP contribution >= 0.6 is 0 Å². The Labute approximate surface area is 122 Å². The van der Waals surface area contributed by atoms with Crippen molar-refractivity contribution >= 4 is 22.8 Å². The number of carbonyl (C=O) groups is 2. The highest BCUT2D eigenvalue weighted by Crippen LogP contribution is 2.27. The Morgan fingerprint density at radius 2 is 2.05 bits per heavy atom. The molecule has 6 heteroatoms. The topological polar surface area (TPSA) is 75.4 Å². The van der Waals surface area contributed by atoms with Crippen LogP contribution in [0, 0.1) is 5.92 Å². The highest BCUT2D eigenvalue weighted by Gasteiger charge is 2.40. The number of likely N-dealkylation sites (tertiary alicyclic amines) is 1. The molecule has 2 heterocycles. The van der Waals surface area contributed by atoms with E-state index in [-0.39, 0.29) is 11.8 Å². The molecular formula is C15H17N3O3. The van der Waals surface area contributed by atoms with E-state index in [9.17, 15) is 14.7 Å². The molecule has 0 radical (unpaired) electrons. The van der Waals surface area contributed by atoms with Gasteiger partial charge in [-0.15, -0.1) is 0 Å². The van der Waals surface area contributed by atoms with Crippen molar-refractivity contribution in [3.63, 3.8) is 0 Å². The molecule has 1 aromatic heterocycles. The van der Waals surface area contributed by atoms with Gasteiger partial charge in [0.25, 0.3) is 5.91 Å². The van der Waals surface area contributed by atoms with Crippen LogP contribution in [-0.4, -0.2) is 44.3 Å². The van der Waals surface area contributed by atoms with Gasteiger partial charge in [0, 0.05) is 19.0 Å². The molecule has 21 heavy (non-hydrogen) atoms. The number of aromatic nitrogens is 2. The number of fused-ring (bicyclic) bond motifs is 1. The number of carboxylic acids is 1. The molecule has 1 aliphatic rings. The summed E-state index contributed by atoms with van der Waals surface area (Å²) in [6.07, 6.45) is 0.702. The molecule has 2 atom stereocenters. The number of carbonyl (C=O) groups excluding carboxylic acids is 1. The normalized spacial score (nSPS) is 21.9. The molecule has 0 spiro atoms. The lowest BCUT2D eigenvalue weighted by molar-refractivity contribution is -0.142. The summed E-state index contributed by atoms with van der Waals surface area (Å²) >= 11 is 0. The van der Waals surface area contributed by atoms with E-state index in [0.29, 0.717) is 18.7 Å². The maximum atomic E-state index is 12.7. The van der Waals surface area contributed by atoms with E-state index in [1.54, 1.807) is 11.7 Å². The van der Waals surface area contributed by atoms with Crippen molar-refractivity contribution in [3.05, 3.63) is 30.0 Å². The maximum Gasteiger partial charge on any atom is 0.326 e. The third-order valence-electron chi connectivity index (χ3n) is 4.17. The van der Waals surface area contributed by atoms with Gasteiger partial charge in [-0.05, 0) is 18.4 Å². The Bertz CT molecular complexity index is 722. The Morgan fingerprint density at radius 3 is 2.76 bits per heavy atom. The monoisotopic (exact) mass is 287 g/mol. The molecule has 110 valence electrons. The minimum Gasteiger partial charge on any atom is -0.480 e. The molecular weight excluding hydrogens is 270 g/mol. The average Bonchev–Trinajstić information content (AvgIpc) is 3.00. The molecule has 1 saturated heterocycles. The summed E-state index contributed by atoms with van der Waals surface area (Å²) in [5, 5.41) is 14.4. The first kappa shape index (κ1) is 13.6. The van der Waals surface area contributed by atoms with E-state index in [4.69, 9.17) is 0 Å². The molecule has 1 N–H and O–H groups in total. The fraction of sp³-hybridized carbons (Fsp3) is 0.400. The highest BCUT2D eigenvalue weighted by molar-refractivity contribution is 6.06. The van der Waals surface area contributed by atoms with Crippen molar-refractivity contribution in [2.75, 3.05) is 6.54 Å². The lowest BCUT2D eigenvalue weighted by Gasteiger charge is -2.22. The van der Waals surface area contributed by atoms with Crippen LogP contribution in [0.25, 0.3) is 10.9 Å². The minimum atomic E-state index is -0.950. The molecule has 6 nitrogen and oxygen atoms in total. The van der Waals surface area contributed by atoms with Crippen molar-refractivity contribution in [1.29, 1.82) is 0 Å². The van der Waals surface area contributed by atoms with Crippen LogP contribution < -0.4 is 0 Å². The first-order chi connectivity index (χ1) is 10.0. The standard InChI is InChI=1S/C15H17N3O3/c1-9-7-8-18(13(9)15(20)21)14(19)12-10-5-3-4-6-11(10)17(2)16-12/h3-6,9,13H,7-8H2,1-2H3,(H,20,21). The quantitative estimate of drug-likeness (QED) is 0.908. The number of nitrogens with zero attached hydrogens (tertiary/aromatic N) is 3. The predicted octanol–water partition coefficient (Wildman–Crippen LogP) is 1.51. The van der Waals surface area contributed by atoms with Gasteiger partial charge in [0.15, 0.2) is 5.69 Å². The zero-order valence-corrected chi connectivity index (χ0v) is 12.0. The Kier molecular flexibility index (Phi) is 3.16. The largest absolute Gasteiger partial charge is 0.480 e. The molecule has 1 aliphatic heterocycles. The summed E-state index contributed by atoms with van der Waals surface area (Å²) in [4.78, 5) is 25.6. The zero-order valence-electron chi connectivity index (χ0n) is 12.0. The average molecular weight is 287 g/mol. The van der Waals surface area contributed by atoms with Crippen LogP contribution in [0.15, 0.2) is 24.3 Å². The van der Waals surface area contributed by atoms with Gasteiger partial charge >= 0.3 is 5.97 Å². The van der Waals surface area contributed by atoms with Gasteiger partial charge in [0.05, 0.1) is 5.52 Å². The molecule has 0 bridgehead atoms. The number of para-hydroxylation sites is 1. The molecule has 0 saturated carbocycles. The van der Waals surface area contributed by atoms with E-state index in [0.717, 1.165) is 10.9 Å². The molecule has 3 rings (SSSR count). The molecule has 1 fully saturated rings. The van der Waals surface area contributed by atoms with E-state index in [2.05, 4.69) is 5.10 Å². The van der Waals surface area contributed by atoms with Crippen molar-refractivity contribution < 1.29 is 14.7 Å². The smallest absolute Gasteiger partial charge is 0.326 e. The summed E-state index contributed by atoms with van der Waals surface area (Å²) in [7, 11) is 1.78. The van der Waals surface area contributed by atoms with Gasteiger partial charge in [0.1, 0.15) is 6.04 Å². The van der Waals surface area contributed by atoms with Crippen LogP contribution in [0.2, 0.25) is 0 Å². The Balaban J connectivity index is 2.03. The molecule has 1 amide bonds. The van der Waals surface area contributed by atoms with Gasteiger partial charge in [-0.1, -0.05) is 25.1 Å². The van der Waals surface area contributed by atoms with Crippen molar-refractivity contribution in [2.24, 2.45) is 13.0 Å². The number of hydrogen-bond acceptors (Lipinski definition) is 3. The summed E-state index contributed by atoms with van der Waals surface area (Å²) in [5.74, 6) is -1.29. The van der Waals surface area contributed by atoms with Gasteiger partial charge in [-0.2, -0.15) is 5.10 Å². The lowest BCUT2D eigenvalue weighted by Crippen LogP contribution is -2.43. The first-order valence-corrected chi connectivity index (χ1v) is 6.96. The lowest BCUT2D eigenvalue weighted by atomic mass is 10.0. The van der Waals surface area contributed by atoms with E-state index in [1.165, 1.54) is 4.90 Å². The van der Waals surface area contributed by atoms with Crippen LogP contribution in [0.5, 0.6) is 0 Å². The summed E-state index contributed by atoms with van der Waals surface area (Å²) in [6, 6.07) is 6.70. The van der Waals surface area contributed by atoms with Crippen LogP contribution in [-0.2, 0) is 11.8 Å². The number of hydrogen-bond donors (Lipinski definition) is 1. The molecule has 0 aliphatic carbocycles. The number of rotatable bonds is 2. The van der Waals surface area contributed by atoms with Gasteiger partial charge in [-0.25, -0.2) is 4.79 Å². The number of carboxylic acid groups (broad SMARTS) is 1. The van der Waals surface area contributed by atoms with Gasteiger partial charge < -0.3 is 10.0 Å².